The number of para-hydroxylation sites is 1. The Kier molecular flexibility index (Phi) is 9.73. The smallest absolute Gasteiger partial charge is 0.338 e. The Morgan fingerprint density at radius 2 is 1.86 bits per heavy atom. The molecular weight excluding hydrogens is 699 g/mol. The van der Waals surface area contributed by atoms with Gasteiger partial charge in [-0.1, -0.05) is 71.5 Å². The summed E-state index contributed by atoms with van der Waals surface area (Å²) in [5.41, 5.74) is 2.84. The Morgan fingerprint density at radius 1 is 1.14 bits per heavy atom. The van der Waals surface area contributed by atoms with Gasteiger partial charge in [0, 0.05) is 16.1 Å². The lowest BCUT2D eigenvalue weighted by Gasteiger charge is -2.26. The van der Waals surface area contributed by atoms with E-state index in [1.807, 2.05) is 74.5 Å². The molecule has 0 fully saturated rings. The average molecular weight is 729 g/mol. The number of carbonyl (C=O) groups is 1. The largest absolute Gasteiger partial charge is 0.491 e. The fourth-order valence-corrected chi connectivity index (χ4v) is 7.12. The molecule has 0 bridgehead atoms. The summed E-state index contributed by atoms with van der Waals surface area (Å²) in [6, 6.07) is 20.1. The first-order valence-corrected chi connectivity index (χ1v) is 16.1. The molecule has 0 N–H and O–H groups in total. The van der Waals surface area contributed by atoms with E-state index in [-0.39, 0.29) is 18.3 Å². The highest BCUT2D eigenvalue weighted by Crippen LogP contribution is 2.36. The fraction of sp³-hybridized carbons (Fsp3) is 0.242. The van der Waals surface area contributed by atoms with E-state index in [0.717, 1.165) is 9.13 Å². The van der Waals surface area contributed by atoms with E-state index in [2.05, 4.69) is 22.6 Å². The summed E-state index contributed by atoms with van der Waals surface area (Å²) in [6.45, 7) is 7.92. The van der Waals surface area contributed by atoms with Crippen molar-refractivity contribution in [2.24, 2.45) is 4.99 Å². The van der Waals surface area contributed by atoms with Gasteiger partial charge in [-0.2, -0.15) is 0 Å². The van der Waals surface area contributed by atoms with Crippen LogP contribution in [0.25, 0.3) is 6.08 Å². The van der Waals surface area contributed by atoms with Gasteiger partial charge in [-0.25, -0.2) is 9.79 Å². The number of benzene rings is 3. The maximum Gasteiger partial charge on any atom is 0.338 e. The van der Waals surface area contributed by atoms with E-state index < -0.39 is 12.0 Å². The van der Waals surface area contributed by atoms with E-state index in [1.165, 1.54) is 11.3 Å². The van der Waals surface area contributed by atoms with Crippen LogP contribution in [-0.4, -0.2) is 23.2 Å². The summed E-state index contributed by atoms with van der Waals surface area (Å²) in [4.78, 5) is 32.7. The zero-order valence-corrected chi connectivity index (χ0v) is 27.8. The third-order valence-electron chi connectivity index (χ3n) is 6.64. The molecule has 4 aromatic rings. The van der Waals surface area contributed by atoms with Crippen molar-refractivity contribution >= 4 is 57.6 Å². The molecule has 2 heterocycles. The van der Waals surface area contributed by atoms with Gasteiger partial charge in [0.1, 0.15) is 24.1 Å². The van der Waals surface area contributed by atoms with Crippen LogP contribution in [0.5, 0.6) is 11.5 Å². The van der Waals surface area contributed by atoms with Crippen molar-refractivity contribution in [3.8, 4) is 11.5 Å². The van der Waals surface area contributed by atoms with Crippen LogP contribution in [0.1, 0.15) is 50.4 Å². The van der Waals surface area contributed by atoms with Crippen LogP contribution < -0.4 is 24.4 Å². The summed E-state index contributed by atoms with van der Waals surface area (Å²) in [5, 5.41) is 0.522. The summed E-state index contributed by atoms with van der Waals surface area (Å²) in [6.07, 6.45) is 1.66. The molecule has 1 aliphatic heterocycles. The fourth-order valence-electron chi connectivity index (χ4n) is 4.86. The number of thiazole rings is 1. The first-order chi connectivity index (χ1) is 20.7. The summed E-state index contributed by atoms with van der Waals surface area (Å²) in [7, 11) is 0. The second kappa shape index (κ2) is 13.5. The minimum absolute atomic E-state index is 0.118. The minimum Gasteiger partial charge on any atom is -0.491 e. The Hall–Kier alpha value is -3.41. The minimum atomic E-state index is -0.791. The van der Waals surface area contributed by atoms with Crippen LogP contribution in [0.3, 0.4) is 0 Å². The first kappa shape index (κ1) is 31.0. The lowest BCUT2D eigenvalue weighted by molar-refractivity contribution is -0.139. The van der Waals surface area contributed by atoms with E-state index in [0.29, 0.717) is 54.9 Å². The molecule has 1 aliphatic rings. The normalized spacial score (nSPS) is 14.9. The Balaban J connectivity index is 1.69. The highest BCUT2D eigenvalue weighted by atomic mass is 127. The lowest BCUT2D eigenvalue weighted by atomic mass is 9.95. The molecule has 1 atom stereocenters. The SMILES string of the molecule is CCOC(=O)C1=C(C)N=c2s/c(=C\c3cc(Cl)cc(I)c3OCc3ccccc3)c(=O)n2[C@@H]1c1ccccc1OC(C)C. The van der Waals surface area contributed by atoms with Crippen LogP contribution in [0.15, 0.2) is 87.8 Å². The number of hydrogen-bond acceptors (Lipinski definition) is 7. The molecule has 43 heavy (non-hydrogen) atoms. The van der Waals surface area contributed by atoms with Crippen molar-refractivity contribution in [2.45, 2.75) is 46.4 Å². The highest BCUT2D eigenvalue weighted by molar-refractivity contribution is 14.1. The number of halogens is 2. The number of fused-ring (bicyclic) bond motifs is 1. The second-order valence-electron chi connectivity index (χ2n) is 10.1. The second-order valence-corrected chi connectivity index (χ2v) is 12.7. The van der Waals surface area contributed by atoms with Crippen LogP contribution in [-0.2, 0) is 16.1 Å². The van der Waals surface area contributed by atoms with E-state index >= 15 is 0 Å². The van der Waals surface area contributed by atoms with Crippen LogP contribution >= 0.6 is 45.5 Å². The predicted molar refractivity (Wildman–Crippen MR) is 178 cm³/mol. The highest BCUT2D eigenvalue weighted by Gasteiger charge is 2.35. The Bertz CT molecular complexity index is 1880. The number of esters is 1. The van der Waals surface area contributed by atoms with Crippen molar-refractivity contribution in [3.05, 3.63) is 123 Å². The van der Waals surface area contributed by atoms with Crippen molar-refractivity contribution < 1.29 is 19.0 Å². The van der Waals surface area contributed by atoms with Crippen molar-refractivity contribution in [3.63, 3.8) is 0 Å². The number of allylic oxidation sites excluding steroid dienone is 1. The van der Waals surface area contributed by atoms with Crippen LogP contribution in [0, 0.1) is 3.57 Å². The topological polar surface area (TPSA) is 79.1 Å². The van der Waals surface area contributed by atoms with Gasteiger partial charge in [0.05, 0.1) is 32.1 Å². The average Bonchev–Trinajstić information content (AvgIpc) is 3.26. The molecule has 222 valence electrons. The van der Waals surface area contributed by atoms with E-state index in [1.54, 1.807) is 30.6 Å². The van der Waals surface area contributed by atoms with Crippen molar-refractivity contribution in [2.75, 3.05) is 6.61 Å². The molecule has 10 heteroatoms. The number of carbonyl (C=O) groups excluding carboxylic acids is 1. The summed E-state index contributed by atoms with van der Waals surface area (Å²) >= 11 is 9.89. The van der Waals surface area contributed by atoms with Gasteiger partial charge in [-0.05, 0) is 80.1 Å². The Labute approximate surface area is 272 Å². The molecule has 0 amide bonds. The van der Waals surface area contributed by atoms with E-state index in [4.69, 9.17) is 30.8 Å². The van der Waals surface area contributed by atoms with Gasteiger partial charge < -0.3 is 14.2 Å². The number of ether oxygens (including phenoxy) is 3. The summed E-state index contributed by atoms with van der Waals surface area (Å²) in [5.74, 6) is 0.674. The van der Waals surface area contributed by atoms with Crippen LogP contribution in [0.4, 0.5) is 0 Å². The van der Waals surface area contributed by atoms with Crippen molar-refractivity contribution in [1.82, 2.24) is 4.57 Å². The number of aromatic nitrogens is 1. The maximum absolute atomic E-state index is 14.2. The molecule has 0 radical (unpaired) electrons. The van der Waals surface area contributed by atoms with Gasteiger partial charge in [-0.3, -0.25) is 9.36 Å². The monoisotopic (exact) mass is 728 g/mol. The molecule has 0 saturated carbocycles. The van der Waals surface area contributed by atoms with Crippen molar-refractivity contribution in [1.29, 1.82) is 0 Å². The number of nitrogens with zero attached hydrogens (tertiary/aromatic N) is 2. The molecule has 3 aromatic carbocycles. The van der Waals surface area contributed by atoms with Gasteiger partial charge >= 0.3 is 5.97 Å². The van der Waals surface area contributed by atoms with Gasteiger partial charge in [0.15, 0.2) is 4.80 Å². The quantitative estimate of drug-likeness (QED) is 0.147. The third kappa shape index (κ3) is 6.73. The number of hydrogen-bond donors (Lipinski definition) is 0. The summed E-state index contributed by atoms with van der Waals surface area (Å²) < 4.78 is 20.6. The van der Waals surface area contributed by atoms with E-state index in [9.17, 15) is 9.59 Å². The van der Waals surface area contributed by atoms with Crippen LogP contribution in [0.2, 0.25) is 5.02 Å². The molecular formula is C33H30ClIN2O5S. The van der Waals surface area contributed by atoms with Gasteiger partial charge in [0.2, 0.25) is 0 Å². The Morgan fingerprint density at radius 3 is 2.58 bits per heavy atom. The molecule has 7 nitrogen and oxygen atoms in total. The lowest BCUT2D eigenvalue weighted by Crippen LogP contribution is -2.40. The molecule has 0 spiro atoms. The van der Waals surface area contributed by atoms with Gasteiger partial charge in [-0.15, -0.1) is 0 Å². The first-order valence-electron chi connectivity index (χ1n) is 13.8. The predicted octanol–water partition coefficient (Wildman–Crippen LogP) is 6.42. The zero-order valence-electron chi connectivity index (χ0n) is 24.1. The molecule has 0 aliphatic carbocycles. The molecule has 1 aromatic heterocycles. The molecule has 5 rings (SSSR count). The molecule has 0 unspecified atom stereocenters. The maximum atomic E-state index is 14.2. The van der Waals surface area contributed by atoms with Gasteiger partial charge in [0.25, 0.3) is 5.56 Å². The zero-order chi connectivity index (χ0) is 30.7. The molecule has 0 saturated heterocycles. The third-order valence-corrected chi connectivity index (χ3v) is 8.65. The standard InChI is InChI=1S/C33H30ClIN2O5S/c1-5-40-32(39)28-20(4)36-33-37(29(28)24-13-9-10-14-26(24)42-19(2)3)31(38)27(43-33)16-22-15-23(34)17-25(35)30(22)41-18-21-11-7-6-8-12-21/h6-17,19,29H,5,18H2,1-4H3/b27-16-/t29-/m1/s1. The number of rotatable bonds is 9.